The SMILES string of the molecule is COc1cc(OC)cc(C(O)CNCc2ccccc2)c1. The second-order valence-corrected chi connectivity index (χ2v) is 4.78. The fraction of sp³-hybridized carbons (Fsp3) is 0.294. The Hall–Kier alpha value is -2.04. The van der Waals surface area contributed by atoms with Gasteiger partial charge in [0.15, 0.2) is 0 Å². The molecule has 21 heavy (non-hydrogen) atoms. The van der Waals surface area contributed by atoms with Crippen molar-refractivity contribution in [2.45, 2.75) is 12.6 Å². The number of methoxy groups -OCH3 is 2. The van der Waals surface area contributed by atoms with Crippen LogP contribution >= 0.6 is 0 Å². The van der Waals surface area contributed by atoms with Gasteiger partial charge in [-0.25, -0.2) is 0 Å². The molecule has 0 fully saturated rings. The summed E-state index contributed by atoms with van der Waals surface area (Å²) in [6.45, 7) is 1.18. The van der Waals surface area contributed by atoms with Crippen molar-refractivity contribution in [3.8, 4) is 11.5 Å². The fourth-order valence-corrected chi connectivity index (χ4v) is 2.09. The number of hydrogen-bond acceptors (Lipinski definition) is 4. The van der Waals surface area contributed by atoms with Crippen molar-refractivity contribution < 1.29 is 14.6 Å². The third kappa shape index (κ3) is 4.48. The van der Waals surface area contributed by atoms with Gasteiger partial charge in [0.2, 0.25) is 0 Å². The van der Waals surface area contributed by atoms with Gasteiger partial charge in [0.05, 0.1) is 20.3 Å². The zero-order valence-electron chi connectivity index (χ0n) is 12.4. The maximum atomic E-state index is 10.3. The third-order valence-corrected chi connectivity index (χ3v) is 3.27. The Morgan fingerprint density at radius 2 is 1.62 bits per heavy atom. The maximum absolute atomic E-state index is 10.3. The number of aliphatic hydroxyl groups is 1. The Bertz CT molecular complexity index is 535. The molecule has 0 saturated carbocycles. The lowest BCUT2D eigenvalue weighted by Gasteiger charge is -2.15. The molecule has 0 aliphatic carbocycles. The van der Waals surface area contributed by atoms with Gasteiger partial charge in [0.1, 0.15) is 11.5 Å². The normalized spacial score (nSPS) is 12.0. The van der Waals surface area contributed by atoms with Crippen LogP contribution in [0.25, 0.3) is 0 Å². The van der Waals surface area contributed by atoms with Crippen LogP contribution in [0.15, 0.2) is 48.5 Å². The first-order valence-electron chi connectivity index (χ1n) is 6.88. The van der Waals surface area contributed by atoms with E-state index in [2.05, 4.69) is 5.32 Å². The second-order valence-electron chi connectivity index (χ2n) is 4.78. The van der Waals surface area contributed by atoms with Crippen LogP contribution in [0.2, 0.25) is 0 Å². The summed E-state index contributed by atoms with van der Waals surface area (Å²) in [7, 11) is 3.19. The van der Waals surface area contributed by atoms with E-state index in [9.17, 15) is 5.11 Å². The van der Waals surface area contributed by atoms with Crippen LogP contribution in [0.1, 0.15) is 17.2 Å². The quantitative estimate of drug-likeness (QED) is 0.821. The first kappa shape index (κ1) is 15.4. The summed E-state index contributed by atoms with van der Waals surface area (Å²) < 4.78 is 10.4. The van der Waals surface area contributed by atoms with E-state index in [1.165, 1.54) is 5.56 Å². The van der Waals surface area contributed by atoms with Gasteiger partial charge in [0.25, 0.3) is 0 Å². The molecule has 0 aliphatic rings. The highest BCUT2D eigenvalue weighted by atomic mass is 16.5. The standard InChI is InChI=1S/C17H21NO3/c1-20-15-8-14(9-16(10-15)21-2)17(19)12-18-11-13-6-4-3-5-7-13/h3-10,17-19H,11-12H2,1-2H3. The number of rotatable bonds is 7. The highest BCUT2D eigenvalue weighted by Crippen LogP contribution is 2.26. The molecular weight excluding hydrogens is 266 g/mol. The molecule has 4 heteroatoms. The molecule has 0 radical (unpaired) electrons. The summed E-state index contributed by atoms with van der Waals surface area (Å²) in [4.78, 5) is 0. The lowest BCUT2D eigenvalue weighted by Crippen LogP contribution is -2.21. The van der Waals surface area contributed by atoms with Gasteiger partial charge < -0.3 is 19.9 Å². The lowest BCUT2D eigenvalue weighted by molar-refractivity contribution is 0.173. The minimum atomic E-state index is -0.613. The van der Waals surface area contributed by atoms with Crippen molar-refractivity contribution >= 4 is 0 Å². The molecule has 2 N–H and O–H groups in total. The number of hydrogen-bond donors (Lipinski definition) is 2. The molecule has 4 nitrogen and oxygen atoms in total. The Morgan fingerprint density at radius 1 is 1.00 bits per heavy atom. The minimum absolute atomic E-state index is 0.464. The lowest BCUT2D eigenvalue weighted by atomic mass is 10.1. The first-order chi connectivity index (χ1) is 10.2. The van der Waals surface area contributed by atoms with E-state index in [4.69, 9.17) is 9.47 Å². The van der Waals surface area contributed by atoms with Crippen LogP contribution in [0, 0.1) is 0 Å². The van der Waals surface area contributed by atoms with E-state index in [1.54, 1.807) is 20.3 Å². The third-order valence-electron chi connectivity index (χ3n) is 3.27. The van der Waals surface area contributed by atoms with Crippen LogP contribution in [0.4, 0.5) is 0 Å². The number of nitrogens with one attached hydrogen (secondary N) is 1. The van der Waals surface area contributed by atoms with Gasteiger partial charge in [-0.1, -0.05) is 30.3 Å². The molecule has 2 rings (SSSR count). The highest BCUT2D eigenvalue weighted by Gasteiger charge is 2.10. The molecular formula is C17H21NO3. The first-order valence-corrected chi connectivity index (χ1v) is 6.88. The zero-order chi connectivity index (χ0) is 15.1. The van der Waals surface area contributed by atoms with Crippen molar-refractivity contribution in [2.24, 2.45) is 0 Å². The van der Waals surface area contributed by atoms with Gasteiger partial charge in [-0.3, -0.25) is 0 Å². The van der Waals surface area contributed by atoms with Gasteiger partial charge in [-0.2, -0.15) is 0 Å². The maximum Gasteiger partial charge on any atom is 0.122 e. The molecule has 2 aromatic carbocycles. The molecule has 2 aromatic rings. The van der Waals surface area contributed by atoms with E-state index in [1.807, 2.05) is 42.5 Å². The molecule has 112 valence electrons. The Morgan fingerprint density at radius 3 is 2.19 bits per heavy atom. The van der Waals surface area contributed by atoms with Crippen LogP contribution < -0.4 is 14.8 Å². The summed E-state index contributed by atoms with van der Waals surface area (Å²) in [6.07, 6.45) is -0.613. The summed E-state index contributed by atoms with van der Waals surface area (Å²) in [5.74, 6) is 1.35. The molecule has 0 spiro atoms. The van der Waals surface area contributed by atoms with Crippen molar-refractivity contribution in [1.29, 1.82) is 0 Å². The topological polar surface area (TPSA) is 50.7 Å². The molecule has 0 bridgehead atoms. The molecule has 1 unspecified atom stereocenters. The molecule has 0 aromatic heterocycles. The van der Waals surface area contributed by atoms with Gasteiger partial charge in [-0.05, 0) is 23.3 Å². The average molecular weight is 287 g/mol. The van der Waals surface area contributed by atoms with E-state index >= 15 is 0 Å². The van der Waals surface area contributed by atoms with Crippen molar-refractivity contribution in [3.63, 3.8) is 0 Å². The summed E-state index contributed by atoms with van der Waals surface area (Å²) in [5, 5.41) is 13.5. The van der Waals surface area contributed by atoms with E-state index in [-0.39, 0.29) is 0 Å². The highest BCUT2D eigenvalue weighted by molar-refractivity contribution is 5.39. The van der Waals surface area contributed by atoms with E-state index in [0.29, 0.717) is 18.0 Å². The monoisotopic (exact) mass is 287 g/mol. The Labute approximate surface area is 125 Å². The molecule has 1 atom stereocenters. The van der Waals surface area contributed by atoms with Crippen LogP contribution in [0.3, 0.4) is 0 Å². The zero-order valence-corrected chi connectivity index (χ0v) is 12.4. The number of aliphatic hydroxyl groups excluding tert-OH is 1. The summed E-state index contributed by atoms with van der Waals surface area (Å²) >= 11 is 0. The minimum Gasteiger partial charge on any atom is -0.497 e. The molecule has 0 saturated heterocycles. The van der Waals surface area contributed by atoms with Crippen LogP contribution in [0.5, 0.6) is 11.5 Å². The van der Waals surface area contributed by atoms with Crippen molar-refractivity contribution in [1.82, 2.24) is 5.32 Å². The number of ether oxygens (including phenoxy) is 2. The predicted octanol–water partition coefficient (Wildman–Crippen LogP) is 2.53. The second kappa shape index (κ2) is 7.67. The van der Waals surface area contributed by atoms with E-state index in [0.717, 1.165) is 12.1 Å². The van der Waals surface area contributed by atoms with Crippen LogP contribution in [-0.4, -0.2) is 25.9 Å². The Kier molecular flexibility index (Phi) is 5.60. The largest absolute Gasteiger partial charge is 0.497 e. The smallest absolute Gasteiger partial charge is 0.122 e. The number of benzene rings is 2. The van der Waals surface area contributed by atoms with Crippen LogP contribution in [-0.2, 0) is 6.54 Å². The van der Waals surface area contributed by atoms with Gasteiger partial charge >= 0.3 is 0 Å². The Balaban J connectivity index is 1.95. The van der Waals surface area contributed by atoms with Crippen molar-refractivity contribution in [3.05, 3.63) is 59.7 Å². The molecule has 0 amide bonds. The van der Waals surface area contributed by atoms with Crippen molar-refractivity contribution in [2.75, 3.05) is 20.8 Å². The molecule has 0 aliphatic heterocycles. The van der Waals surface area contributed by atoms with Gasteiger partial charge in [-0.15, -0.1) is 0 Å². The summed E-state index contributed by atoms with van der Waals surface area (Å²) in [6, 6.07) is 15.5. The van der Waals surface area contributed by atoms with Gasteiger partial charge in [0, 0.05) is 19.2 Å². The fourth-order valence-electron chi connectivity index (χ4n) is 2.09. The molecule has 0 heterocycles. The van der Waals surface area contributed by atoms with E-state index < -0.39 is 6.10 Å². The average Bonchev–Trinajstić information content (AvgIpc) is 2.55. The predicted molar refractivity (Wildman–Crippen MR) is 82.7 cm³/mol. The summed E-state index contributed by atoms with van der Waals surface area (Å²) in [5.41, 5.74) is 1.96.